The van der Waals surface area contributed by atoms with Crippen LogP contribution in [-0.4, -0.2) is 53.6 Å². The van der Waals surface area contributed by atoms with Crippen LogP contribution >= 0.6 is 0 Å². The Labute approximate surface area is 200 Å². The van der Waals surface area contributed by atoms with E-state index in [0.717, 1.165) is 11.1 Å². The van der Waals surface area contributed by atoms with Crippen molar-refractivity contribution in [3.05, 3.63) is 59.7 Å². The van der Waals surface area contributed by atoms with Gasteiger partial charge in [-0.05, 0) is 55.8 Å². The third kappa shape index (κ3) is 9.68. The van der Waals surface area contributed by atoms with E-state index in [-0.39, 0.29) is 11.9 Å². The molecule has 0 aromatic heterocycles. The lowest BCUT2D eigenvalue weighted by atomic mass is 10.2. The molecular formula is C26H32O8. The Balaban J connectivity index is 0.000000340. The number of ether oxygens (including phenoxy) is 6. The first-order chi connectivity index (χ1) is 16.4. The van der Waals surface area contributed by atoms with Gasteiger partial charge in [-0.2, -0.15) is 0 Å². The number of methoxy groups -OCH3 is 4. The maximum atomic E-state index is 11.2. The van der Waals surface area contributed by atoms with Crippen molar-refractivity contribution in [3.8, 4) is 23.0 Å². The first kappa shape index (κ1) is 28.1. The Bertz CT molecular complexity index is 979. The smallest absolute Gasteiger partial charge is 0.330 e. The largest absolute Gasteiger partial charge is 0.497 e. The van der Waals surface area contributed by atoms with Gasteiger partial charge in [-0.15, -0.1) is 0 Å². The summed E-state index contributed by atoms with van der Waals surface area (Å²) in [4.78, 5) is 22.3. The van der Waals surface area contributed by atoms with Crippen molar-refractivity contribution in [1.29, 1.82) is 0 Å². The molecule has 0 amide bonds. The normalized spacial score (nSPS) is 10.3. The Morgan fingerprint density at radius 1 is 0.676 bits per heavy atom. The summed E-state index contributed by atoms with van der Waals surface area (Å²) in [5, 5.41) is 0. The third-order valence-corrected chi connectivity index (χ3v) is 4.23. The molecule has 0 saturated carbocycles. The summed E-state index contributed by atoms with van der Waals surface area (Å²) in [6.07, 6.45) is 6.06. The third-order valence-electron chi connectivity index (χ3n) is 4.23. The van der Waals surface area contributed by atoms with Crippen molar-refractivity contribution in [2.24, 2.45) is 0 Å². The van der Waals surface area contributed by atoms with E-state index in [2.05, 4.69) is 0 Å². The van der Waals surface area contributed by atoms with Gasteiger partial charge < -0.3 is 28.4 Å². The summed E-state index contributed by atoms with van der Waals surface area (Å²) in [6, 6.07) is 10.8. The van der Waals surface area contributed by atoms with Crippen LogP contribution in [-0.2, 0) is 19.1 Å². The summed E-state index contributed by atoms with van der Waals surface area (Å²) in [7, 11) is 6.29. The van der Waals surface area contributed by atoms with Gasteiger partial charge in [0.15, 0.2) is 11.5 Å². The maximum absolute atomic E-state index is 11.2. The van der Waals surface area contributed by atoms with Gasteiger partial charge in [0, 0.05) is 23.8 Å². The highest BCUT2D eigenvalue weighted by atomic mass is 16.5. The fourth-order valence-corrected chi connectivity index (χ4v) is 2.62. The van der Waals surface area contributed by atoms with Gasteiger partial charge in [-0.25, -0.2) is 9.59 Å². The molecule has 34 heavy (non-hydrogen) atoms. The second kappa shape index (κ2) is 15.8. The van der Waals surface area contributed by atoms with Crippen LogP contribution in [0.15, 0.2) is 48.6 Å². The van der Waals surface area contributed by atoms with Gasteiger partial charge in [0.1, 0.15) is 11.5 Å². The highest BCUT2D eigenvalue weighted by Crippen LogP contribution is 2.28. The fourth-order valence-electron chi connectivity index (χ4n) is 2.62. The summed E-state index contributed by atoms with van der Waals surface area (Å²) in [5.41, 5.74) is 1.64. The Morgan fingerprint density at radius 3 is 1.79 bits per heavy atom. The minimum absolute atomic E-state index is 0.359. The van der Waals surface area contributed by atoms with Crippen LogP contribution in [0.25, 0.3) is 12.2 Å². The topological polar surface area (TPSA) is 89.5 Å². The molecule has 0 heterocycles. The van der Waals surface area contributed by atoms with Crippen LogP contribution in [0.1, 0.15) is 25.0 Å². The maximum Gasteiger partial charge on any atom is 0.330 e. The zero-order chi connectivity index (χ0) is 25.3. The summed E-state index contributed by atoms with van der Waals surface area (Å²) in [5.74, 6) is 1.90. The van der Waals surface area contributed by atoms with E-state index in [9.17, 15) is 9.59 Å². The predicted molar refractivity (Wildman–Crippen MR) is 130 cm³/mol. The summed E-state index contributed by atoms with van der Waals surface area (Å²) < 4.78 is 30.1. The molecule has 0 radical (unpaired) electrons. The van der Waals surface area contributed by atoms with E-state index in [4.69, 9.17) is 28.4 Å². The molecule has 0 unspecified atom stereocenters. The van der Waals surface area contributed by atoms with Gasteiger partial charge in [-0.3, -0.25) is 0 Å². The fraction of sp³-hybridized carbons (Fsp3) is 0.308. The molecule has 0 N–H and O–H groups in total. The molecule has 0 aliphatic heterocycles. The second-order valence-corrected chi connectivity index (χ2v) is 6.39. The molecule has 0 aliphatic rings. The molecule has 0 atom stereocenters. The lowest BCUT2D eigenvalue weighted by Crippen LogP contribution is -1.98. The van der Waals surface area contributed by atoms with E-state index in [1.807, 2.05) is 12.1 Å². The van der Waals surface area contributed by atoms with Crippen molar-refractivity contribution >= 4 is 24.1 Å². The average Bonchev–Trinajstić information content (AvgIpc) is 2.86. The Morgan fingerprint density at radius 2 is 1.26 bits per heavy atom. The molecule has 2 rings (SSSR count). The molecule has 2 aromatic carbocycles. The number of carbonyl (C=O) groups excluding carboxylic acids is 2. The number of benzene rings is 2. The molecule has 8 nitrogen and oxygen atoms in total. The van der Waals surface area contributed by atoms with Crippen molar-refractivity contribution in [2.75, 3.05) is 41.7 Å². The van der Waals surface area contributed by atoms with E-state index >= 15 is 0 Å². The predicted octanol–water partition coefficient (Wildman–Crippen LogP) is 4.56. The number of hydrogen-bond acceptors (Lipinski definition) is 8. The van der Waals surface area contributed by atoms with Gasteiger partial charge in [-0.1, -0.05) is 6.07 Å². The van der Waals surface area contributed by atoms with Crippen LogP contribution in [0.5, 0.6) is 23.0 Å². The Hall–Kier alpha value is -3.94. The summed E-state index contributed by atoms with van der Waals surface area (Å²) >= 11 is 0. The molecule has 0 saturated heterocycles. The van der Waals surface area contributed by atoms with E-state index in [1.165, 1.54) is 12.2 Å². The van der Waals surface area contributed by atoms with Gasteiger partial charge in [0.2, 0.25) is 0 Å². The number of hydrogen-bond donors (Lipinski definition) is 0. The Kier molecular flexibility index (Phi) is 13.1. The zero-order valence-corrected chi connectivity index (χ0v) is 20.5. The monoisotopic (exact) mass is 472 g/mol. The van der Waals surface area contributed by atoms with Crippen LogP contribution in [0, 0.1) is 0 Å². The number of rotatable bonds is 10. The molecule has 0 fully saturated rings. The zero-order valence-electron chi connectivity index (χ0n) is 20.5. The molecule has 0 spiro atoms. The molecular weight excluding hydrogens is 440 g/mol. The highest BCUT2D eigenvalue weighted by molar-refractivity contribution is 5.88. The molecule has 0 bridgehead atoms. The second-order valence-electron chi connectivity index (χ2n) is 6.39. The quantitative estimate of drug-likeness (QED) is 0.367. The molecule has 0 aliphatic carbocycles. The lowest BCUT2D eigenvalue weighted by Gasteiger charge is -2.07. The minimum Gasteiger partial charge on any atom is -0.497 e. The average molecular weight is 473 g/mol. The highest BCUT2D eigenvalue weighted by Gasteiger charge is 2.04. The van der Waals surface area contributed by atoms with E-state index in [1.54, 1.807) is 78.7 Å². The standard InChI is InChI=1S/2C13H16O4/c1-4-17-13(14)8-6-10-5-7-11(15-2)9-12(10)16-3;1-4-17-13(14)8-6-10-5-7-11(15-2)12(9-10)16-3/h2*5-9H,4H2,1-3H3. The van der Waals surface area contributed by atoms with Gasteiger partial charge in [0.05, 0.1) is 41.7 Å². The van der Waals surface area contributed by atoms with Crippen LogP contribution in [0.2, 0.25) is 0 Å². The molecule has 184 valence electrons. The molecule has 8 heteroatoms. The first-order valence-corrected chi connectivity index (χ1v) is 10.6. The minimum atomic E-state index is -0.370. The molecule has 2 aromatic rings. The number of carbonyl (C=O) groups is 2. The first-order valence-electron chi connectivity index (χ1n) is 10.6. The lowest BCUT2D eigenvalue weighted by molar-refractivity contribution is -0.138. The van der Waals surface area contributed by atoms with Crippen LogP contribution < -0.4 is 18.9 Å². The summed E-state index contributed by atoms with van der Waals surface area (Å²) in [6.45, 7) is 4.26. The van der Waals surface area contributed by atoms with Crippen LogP contribution in [0.3, 0.4) is 0 Å². The van der Waals surface area contributed by atoms with Crippen molar-refractivity contribution in [1.82, 2.24) is 0 Å². The van der Waals surface area contributed by atoms with Crippen LogP contribution in [0.4, 0.5) is 0 Å². The SMILES string of the molecule is CCOC(=O)C=Cc1ccc(OC)c(OC)c1.CCOC(=O)C=Cc1ccc(OC)cc1OC. The van der Waals surface area contributed by atoms with Gasteiger partial charge >= 0.3 is 11.9 Å². The van der Waals surface area contributed by atoms with Crippen molar-refractivity contribution in [3.63, 3.8) is 0 Å². The van der Waals surface area contributed by atoms with Gasteiger partial charge in [0.25, 0.3) is 0 Å². The van der Waals surface area contributed by atoms with E-state index in [0.29, 0.717) is 36.2 Å². The van der Waals surface area contributed by atoms with E-state index < -0.39 is 0 Å². The van der Waals surface area contributed by atoms with Crippen molar-refractivity contribution in [2.45, 2.75) is 13.8 Å². The number of esters is 2. The van der Waals surface area contributed by atoms with Crippen molar-refractivity contribution < 1.29 is 38.0 Å².